The van der Waals surface area contributed by atoms with Gasteiger partial charge in [-0.3, -0.25) is 4.90 Å². The topological polar surface area (TPSA) is 105 Å². The number of aliphatic carboxylic acids is 2. The molecule has 1 saturated heterocycles. The fraction of sp³-hybridized carbons (Fsp3) is 0.381. The summed E-state index contributed by atoms with van der Waals surface area (Å²) in [5.74, 6) is -2.77. The summed E-state index contributed by atoms with van der Waals surface area (Å²) in [5, 5.41) is 29.8. The molecule has 2 N–H and O–H groups in total. The number of nitriles is 1. The van der Waals surface area contributed by atoms with Crippen LogP contribution in [0.3, 0.4) is 0 Å². The SMILES string of the molecule is N#CCCCN1CCN(c2csc3cc(C(F)(F)F)ccc23)C(/C(=C/C(=O)O)C(=O)O)C1. The van der Waals surface area contributed by atoms with Crippen LogP contribution in [0.5, 0.6) is 0 Å². The molecule has 0 aliphatic carbocycles. The van der Waals surface area contributed by atoms with Crippen molar-refractivity contribution in [2.45, 2.75) is 25.1 Å². The van der Waals surface area contributed by atoms with Gasteiger partial charge >= 0.3 is 18.1 Å². The summed E-state index contributed by atoms with van der Waals surface area (Å²) in [6.07, 6.45) is -2.88. The Hall–Kier alpha value is -3.10. The first-order valence-corrected chi connectivity index (χ1v) is 10.6. The molecule has 0 bridgehead atoms. The van der Waals surface area contributed by atoms with Gasteiger partial charge < -0.3 is 15.1 Å². The minimum absolute atomic E-state index is 0.217. The summed E-state index contributed by atoms with van der Waals surface area (Å²) in [6, 6.07) is 4.64. The summed E-state index contributed by atoms with van der Waals surface area (Å²) in [4.78, 5) is 26.9. The van der Waals surface area contributed by atoms with Crippen molar-refractivity contribution in [2.24, 2.45) is 0 Å². The van der Waals surface area contributed by atoms with Gasteiger partial charge in [0.25, 0.3) is 0 Å². The molecule has 1 aromatic carbocycles. The number of carboxylic acid groups (broad SMARTS) is 2. The highest BCUT2D eigenvalue weighted by atomic mass is 32.1. The Kier molecular flexibility index (Phi) is 7.06. The average Bonchev–Trinajstić information content (AvgIpc) is 3.14. The van der Waals surface area contributed by atoms with E-state index in [2.05, 4.69) is 6.07 Å². The summed E-state index contributed by atoms with van der Waals surface area (Å²) >= 11 is 1.12. The van der Waals surface area contributed by atoms with E-state index in [0.29, 0.717) is 54.3 Å². The van der Waals surface area contributed by atoms with Crippen LogP contribution >= 0.6 is 11.3 Å². The standard InChI is InChI=1S/C21H20F3N3O4S/c22-21(23,24)13-3-4-14-17(12-32-18(14)9-13)27-8-7-26(6-2-1-5-25)11-16(27)15(20(30)31)10-19(28)29/h3-4,9-10,12,16H,1-2,6-8,11H2,(H,28,29)(H,30,31)/b15-10-. The second-order valence-electron chi connectivity index (χ2n) is 7.34. The van der Waals surface area contributed by atoms with Crippen LogP contribution in [0, 0.1) is 11.3 Å². The maximum atomic E-state index is 13.1. The number of halogens is 3. The molecule has 1 fully saturated rings. The van der Waals surface area contributed by atoms with Gasteiger partial charge in [0.2, 0.25) is 0 Å². The largest absolute Gasteiger partial charge is 0.478 e. The van der Waals surface area contributed by atoms with E-state index in [1.165, 1.54) is 6.07 Å². The lowest BCUT2D eigenvalue weighted by Crippen LogP contribution is -2.55. The lowest BCUT2D eigenvalue weighted by Gasteiger charge is -2.42. The van der Waals surface area contributed by atoms with E-state index in [1.807, 2.05) is 4.90 Å². The zero-order chi connectivity index (χ0) is 23.5. The molecule has 7 nitrogen and oxygen atoms in total. The molecule has 11 heteroatoms. The first-order valence-electron chi connectivity index (χ1n) is 9.74. The Labute approximate surface area is 185 Å². The van der Waals surface area contributed by atoms with E-state index in [4.69, 9.17) is 5.26 Å². The van der Waals surface area contributed by atoms with Gasteiger partial charge in [-0.1, -0.05) is 6.07 Å². The van der Waals surface area contributed by atoms with Gasteiger partial charge in [0.1, 0.15) is 0 Å². The Morgan fingerprint density at radius 2 is 2.03 bits per heavy atom. The van der Waals surface area contributed by atoms with E-state index < -0.39 is 29.7 Å². The van der Waals surface area contributed by atoms with Crippen LogP contribution in [0.25, 0.3) is 10.1 Å². The zero-order valence-electron chi connectivity index (χ0n) is 16.8. The number of hydrogen-bond acceptors (Lipinski definition) is 6. The molecule has 2 aromatic rings. The molecule has 0 spiro atoms. The van der Waals surface area contributed by atoms with Crippen LogP contribution in [-0.4, -0.2) is 59.3 Å². The van der Waals surface area contributed by atoms with Crippen LogP contribution in [0.15, 0.2) is 35.2 Å². The number of carboxylic acids is 2. The summed E-state index contributed by atoms with van der Waals surface area (Å²) < 4.78 is 39.6. The van der Waals surface area contributed by atoms with E-state index in [-0.39, 0.29) is 12.1 Å². The summed E-state index contributed by atoms with van der Waals surface area (Å²) in [7, 11) is 0. The third kappa shape index (κ3) is 5.20. The predicted octanol–water partition coefficient (Wildman–Crippen LogP) is 3.81. The molecule has 32 heavy (non-hydrogen) atoms. The van der Waals surface area contributed by atoms with Crippen LogP contribution in [0.1, 0.15) is 18.4 Å². The Bertz CT molecular complexity index is 1090. The summed E-state index contributed by atoms with van der Waals surface area (Å²) in [6.45, 7) is 1.67. The van der Waals surface area contributed by atoms with Crippen LogP contribution in [0.4, 0.5) is 18.9 Å². The van der Waals surface area contributed by atoms with Crippen molar-refractivity contribution in [3.63, 3.8) is 0 Å². The van der Waals surface area contributed by atoms with Crippen molar-refractivity contribution in [3.05, 3.63) is 40.8 Å². The average molecular weight is 467 g/mol. The number of piperazine rings is 1. The quantitative estimate of drug-likeness (QED) is 0.471. The second kappa shape index (κ2) is 9.58. The second-order valence-corrected chi connectivity index (χ2v) is 8.26. The van der Waals surface area contributed by atoms with E-state index >= 15 is 0 Å². The van der Waals surface area contributed by atoms with Gasteiger partial charge in [-0.2, -0.15) is 18.4 Å². The lowest BCUT2D eigenvalue weighted by molar-refractivity contribution is -0.137. The number of anilines is 1. The smallest absolute Gasteiger partial charge is 0.416 e. The molecule has 3 rings (SSSR count). The molecule has 170 valence electrons. The molecule has 1 aliphatic heterocycles. The number of hydrogen-bond donors (Lipinski definition) is 2. The zero-order valence-corrected chi connectivity index (χ0v) is 17.6. The van der Waals surface area contributed by atoms with E-state index in [9.17, 15) is 33.0 Å². The maximum absolute atomic E-state index is 13.1. The monoisotopic (exact) mass is 467 g/mol. The van der Waals surface area contributed by atoms with Gasteiger partial charge in [-0.05, 0) is 25.1 Å². The fourth-order valence-corrected chi connectivity index (χ4v) is 4.82. The van der Waals surface area contributed by atoms with E-state index in [1.54, 1.807) is 10.3 Å². The number of thiophene rings is 1. The van der Waals surface area contributed by atoms with Gasteiger partial charge in [-0.15, -0.1) is 11.3 Å². The first-order chi connectivity index (χ1) is 15.1. The van der Waals surface area contributed by atoms with E-state index in [0.717, 1.165) is 23.5 Å². The van der Waals surface area contributed by atoms with Crippen molar-refractivity contribution in [1.29, 1.82) is 5.26 Å². The number of alkyl halides is 3. The van der Waals surface area contributed by atoms with Crippen molar-refractivity contribution in [3.8, 4) is 6.07 Å². The molecular weight excluding hydrogens is 447 g/mol. The third-order valence-electron chi connectivity index (χ3n) is 5.30. The molecule has 0 saturated carbocycles. The number of unbranched alkanes of at least 4 members (excludes halogenated alkanes) is 1. The molecule has 2 heterocycles. The van der Waals surface area contributed by atoms with Crippen LogP contribution in [-0.2, 0) is 15.8 Å². The predicted molar refractivity (Wildman–Crippen MR) is 113 cm³/mol. The van der Waals surface area contributed by atoms with Crippen LogP contribution in [0.2, 0.25) is 0 Å². The molecule has 0 radical (unpaired) electrons. The van der Waals surface area contributed by atoms with Gasteiger partial charge in [0.15, 0.2) is 0 Å². The van der Waals surface area contributed by atoms with Crippen molar-refractivity contribution < 1.29 is 33.0 Å². The van der Waals surface area contributed by atoms with Gasteiger partial charge in [0, 0.05) is 47.6 Å². The Balaban J connectivity index is 2.00. The van der Waals surface area contributed by atoms with Gasteiger partial charge in [0.05, 0.1) is 28.9 Å². The van der Waals surface area contributed by atoms with Crippen LogP contribution < -0.4 is 4.90 Å². The molecule has 1 atom stereocenters. The molecule has 1 aromatic heterocycles. The molecule has 1 unspecified atom stereocenters. The molecule has 1 aliphatic rings. The van der Waals surface area contributed by atoms with Gasteiger partial charge in [-0.25, -0.2) is 9.59 Å². The normalized spacial score (nSPS) is 18.0. The highest BCUT2D eigenvalue weighted by Gasteiger charge is 2.35. The third-order valence-corrected chi connectivity index (χ3v) is 6.24. The van der Waals surface area contributed by atoms with Crippen molar-refractivity contribution in [1.82, 2.24) is 4.90 Å². The Morgan fingerprint density at radius 1 is 1.28 bits per heavy atom. The minimum Gasteiger partial charge on any atom is -0.478 e. The minimum atomic E-state index is -4.48. The number of nitrogens with zero attached hydrogens (tertiary/aromatic N) is 3. The number of rotatable bonds is 7. The van der Waals surface area contributed by atoms with Crippen molar-refractivity contribution in [2.75, 3.05) is 31.1 Å². The fourth-order valence-electron chi connectivity index (χ4n) is 3.83. The first kappa shape index (κ1) is 23.6. The van der Waals surface area contributed by atoms with Crippen molar-refractivity contribution >= 4 is 39.0 Å². The highest BCUT2D eigenvalue weighted by molar-refractivity contribution is 7.17. The number of carbonyl (C=O) groups is 2. The Morgan fingerprint density at radius 3 is 2.66 bits per heavy atom. The molecule has 0 amide bonds. The number of fused-ring (bicyclic) bond motifs is 1. The molecular formula is C21H20F3N3O4S. The summed E-state index contributed by atoms with van der Waals surface area (Å²) in [5.41, 5.74) is -0.513. The highest BCUT2D eigenvalue weighted by Crippen LogP contribution is 2.39. The lowest BCUT2D eigenvalue weighted by atomic mass is 10.00. The maximum Gasteiger partial charge on any atom is 0.416 e. The number of benzene rings is 1.